The lowest BCUT2D eigenvalue weighted by Crippen LogP contribution is -2.41. The van der Waals surface area contributed by atoms with Gasteiger partial charge in [-0.3, -0.25) is 9.10 Å². The van der Waals surface area contributed by atoms with E-state index >= 15 is 0 Å². The molecule has 1 N–H and O–H groups in total. The second-order valence-corrected chi connectivity index (χ2v) is 10.4. The summed E-state index contributed by atoms with van der Waals surface area (Å²) >= 11 is 5.72. The molecule has 0 fully saturated rings. The number of amides is 1. The van der Waals surface area contributed by atoms with Gasteiger partial charge in [-0.1, -0.05) is 66.6 Å². The molecule has 0 saturated heterocycles. The quantitative estimate of drug-likeness (QED) is 0.406. The number of nitrogens with zero attached hydrogens (tertiary/aromatic N) is 1. The van der Waals surface area contributed by atoms with Crippen molar-refractivity contribution in [2.45, 2.75) is 30.8 Å². The average molecular weight is 525 g/mol. The van der Waals surface area contributed by atoms with Crippen molar-refractivity contribution in [1.82, 2.24) is 5.32 Å². The van der Waals surface area contributed by atoms with Gasteiger partial charge in [0.15, 0.2) is 0 Å². The first-order valence-electron chi connectivity index (χ1n) is 10.7. The highest BCUT2D eigenvalue weighted by atomic mass is 35.5. The van der Waals surface area contributed by atoms with E-state index in [4.69, 9.17) is 11.6 Å². The molecule has 35 heavy (non-hydrogen) atoms. The third-order valence-corrected chi connectivity index (χ3v) is 7.53. The lowest BCUT2D eigenvalue weighted by Gasteiger charge is -2.25. The molecule has 0 aliphatic rings. The number of sulfonamides is 1. The lowest BCUT2D eigenvalue weighted by atomic mass is 10.0. The highest BCUT2D eigenvalue weighted by Gasteiger charge is 2.35. The van der Waals surface area contributed by atoms with Crippen molar-refractivity contribution in [1.29, 1.82) is 0 Å². The van der Waals surface area contributed by atoms with E-state index in [1.165, 1.54) is 12.1 Å². The van der Waals surface area contributed by atoms with E-state index in [9.17, 15) is 26.4 Å². The summed E-state index contributed by atoms with van der Waals surface area (Å²) in [6, 6.07) is 17.9. The van der Waals surface area contributed by atoms with Gasteiger partial charge in [0, 0.05) is 6.54 Å². The summed E-state index contributed by atoms with van der Waals surface area (Å²) in [5.41, 5.74) is 0.255. The van der Waals surface area contributed by atoms with Gasteiger partial charge in [0.25, 0.3) is 10.0 Å². The zero-order valence-electron chi connectivity index (χ0n) is 19.0. The van der Waals surface area contributed by atoms with E-state index < -0.39 is 39.2 Å². The number of carbonyl (C=O) groups is 1. The smallest absolute Gasteiger partial charge is 0.354 e. The molecule has 0 bridgehead atoms. The molecule has 1 amide bonds. The minimum absolute atomic E-state index is 0.0605. The number of benzene rings is 3. The molecule has 3 aromatic rings. The van der Waals surface area contributed by atoms with Crippen LogP contribution in [-0.2, 0) is 21.0 Å². The lowest BCUT2D eigenvalue weighted by molar-refractivity contribution is -0.137. The Morgan fingerprint density at radius 1 is 1.03 bits per heavy atom. The topological polar surface area (TPSA) is 66.5 Å². The molecule has 3 aromatic carbocycles. The number of anilines is 1. The van der Waals surface area contributed by atoms with E-state index in [1.807, 2.05) is 37.3 Å². The molecule has 0 unspecified atom stereocenters. The summed E-state index contributed by atoms with van der Waals surface area (Å²) < 4.78 is 67.9. The van der Waals surface area contributed by atoms with Gasteiger partial charge < -0.3 is 5.32 Å². The molecule has 0 radical (unpaired) electrons. The van der Waals surface area contributed by atoms with Crippen molar-refractivity contribution in [3.8, 4) is 0 Å². The Hall–Kier alpha value is -3.04. The number of aryl methyl sites for hydroxylation is 1. The summed E-state index contributed by atoms with van der Waals surface area (Å²) in [4.78, 5) is 12.6. The SMILES string of the molecule is Cc1ccc(S(=O)(=O)N(CC(=O)NC[C@@H](C)c2ccccc2)c2ccc(Cl)c(C(F)(F)F)c2)cc1. The predicted molar refractivity (Wildman–Crippen MR) is 130 cm³/mol. The number of carbonyl (C=O) groups excluding carboxylic acids is 1. The van der Waals surface area contributed by atoms with Crippen molar-refractivity contribution in [2.75, 3.05) is 17.4 Å². The predicted octanol–water partition coefficient (Wildman–Crippen LogP) is 5.78. The first-order valence-corrected chi connectivity index (χ1v) is 12.5. The van der Waals surface area contributed by atoms with Gasteiger partial charge in [-0.15, -0.1) is 0 Å². The van der Waals surface area contributed by atoms with Crippen LogP contribution < -0.4 is 9.62 Å². The normalized spacial score (nSPS) is 12.7. The van der Waals surface area contributed by atoms with Gasteiger partial charge in [-0.25, -0.2) is 8.42 Å². The molecule has 0 aliphatic heterocycles. The van der Waals surface area contributed by atoms with Gasteiger partial charge in [-0.2, -0.15) is 13.2 Å². The van der Waals surface area contributed by atoms with Crippen LogP contribution in [0.4, 0.5) is 18.9 Å². The van der Waals surface area contributed by atoms with Crippen LogP contribution in [0.25, 0.3) is 0 Å². The number of halogens is 4. The van der Waals surface area contributed by atoms with Crippen LogP contribution in [0.15, 0.2) is 77.7 Å². The zero-order valence-corrected chi connectivity index (χ0v) is 20.6. The van der Waals surface area contributed by atoms with Crippen LogP contribution in [0.2, 0.25) is 5.02 Å². The Balaban J connectivity index is 1.93. The summed E-state index contributed by atoms with van der Waals surface area (Å²) in [7, 11) is -4.37. The van der Waals surface area contributed by atoms with Gasteiger partial charge in [0.1, 0.15) is 6.54 Å². The third-order valence-electron chi connectivity index (χ3n) is 5.41. The maximum absolute atomic E-state index is 13.5. The molecule has 0 spiro atoms. The molecule has 10 heteroatoms. The van der Waals surface area contributed by atoms with E-state index in [0.29, 0.717) is 10.4 Å². The molecule has 0 heterocycles. The van der Waals surface area contributed by atoms with Crippen LogP contribution >= 0.6 is 11.6 Å². The highest BCUT2D eigenvalue weighted by Crippen LogP contribution is 2.38. The van der Waals surface area contributed by atoms with Crippen LogP contribution in [0.3, 0.4) is 0 Å². The summed E-state index contributed by atoms with van der Waals surface area (Å²) in [5, 5.41) is 2.10. The van der Waals surface area contributed by atoms with Crippen molar-refractivity contribution in [3.63, 3.8) is 0 Å². The zero-order chi connectivity index (χ0) is 25.8. The summed E-state index contributed by atoms with van der Waals surface area (Å²) in [6.45, 7) is 3.17. The standard InChI is InChI=1S/C25H24ClF3N2O3S/c1-17-8-11-21(12-9-17)35(33,34)31(20-10-13-23(26)22(14-20)25(27,28)29)16-24(32)30-15-18(2)19-6-4-3-5-7-19/h3-14,18H,15-16H2,1-2H3,(H,30,32)/t18-/m1/s1. The minimum Gasteiger partial charge on any atom is -0.354 e. The maximum Gasteiger partial charge on any atom is 0.417 e. The van der Waals surface area contributed by atoms with Crippen molar-refractivity contribution < 1.29 is 26.4 Å². The van der Waals surface area contributed by atoms with Gasteiger partial charge in [0.05, 0.1) is 21.2 Å². The molecule has 0 aromatic heterocycles. The molecule has 0 aliphatic carbocycles. The fourth-order valence-corrected chi connectivity index (χ4v) is 5.03. The second-order valence-electron chi connectivity index (χ2n) is 8.10. The average Bonchev–Trinajstić information content (AvgIpc) is 2.81. The van der Waals surface area contributed by atoms with Gasteiger partial charge in [-0.05, 0) is 48.7 Å². The Morgan fingerprint density at radius 2 is 1.66 bits per heavy atom. The van der Waals surface area contributed by atoms with E-state index in [-0.39, 0.29) is 23.0 Å². The number of alkyl halides is 3. The Kier molecular flexibility index (Phi) is 8.12. The summed E-state index contributed by atoms with van der Waals surface area (Å²) in [5.74, 6) is -0.721. The Morgan fingerprint density at radius 3 is 2.26 bits per heavy atom. The molecule has 5 nitrogen and oxygen atoms in total. The summed E-state index contributed by atoms with van der Waals surface area (Å²) in [6.07, 6.45) is -4.81. The molecular weight excluding hydrogens is 501 g/mol. The monoisotopic (exact) mass is 524 g/mol. The van der Waals surface area contributed by atoms with E-state index in [0.717, 1.165) is 23.3 Å². The van der Waals surface area contributed by atoms with Crippen LogP contribution in [-0.4, -0.2) is 27.4 Å². The largest absolute Gasteiger partial charge is 0.417 e. The fourth-order valence-electron chi connectivity index (χ4n) is 3.39. The maximum atomic E-state index is 13.5. The van der Waals surface area contributed by atoms with Crippen LogP contribution in [0.5, 0.6) is 0 Å². The van der Waals surface area contributed by atoms with Crippen molar-refractivity contribution >= 4 is 33.2 Å². The van der Waals surface area contributed by atoms with Gasteiger partial charge >= 0.3 is 6.18 Å². The Labute approximate surface area is 207 Å². The number of nitrogens with one attached hydrogen (secondary N) is 1. The molecule has 0 saturated carbocycles. The van der Waals surface area contributed by atoms with Crippen LogP contribution in [0, 0.1) is 6.92 Å². The first kappa shape index (κ1) is 26.6. The Bertz CT molecular complexity index is 1280. The third kappa shape index (κ3) is 6.55. The van der Waals surface area contributed by atoms with Crippen molar-refractivity contribution in [2.24, 2.45) is 0 Å². The van der Waals surface area contributed by atoms with Crippen molar-refractivity contribution in [3.05, 3.63) is 94.5 Å². The fraction of sp³-hybridized carbons (Fsp3) is 0.240. The minimum atomic E-state index is -4.81. The van der Waals surface area contributed by atoms with E-state index in [2.05, 4.69) is 5.32 Å². The molecule has 1 atom stereocenters. The number of hydrogen-bond acceptors (Lipinski definition) is 3. The molecular formula is C25H24ClF3N2O3S. The second kappa shape index (κ2) is 10.7. The molecule has 186 valence electrons. The van der Waals surface area contributed by atoms with E-state index in [1.54, 1.807) is 19.1 Å². The van der Waals surface area contributed by atoms with Crippen LogP contribution in [0.1, 0.15) is 29.5 Å². The number of rotatable bonds is 8. The first-order chi connectivity index (χ1) is 16.4. The molecule has 3 rings (SSSR count). The highest BCUT2D eigenvalue weighted by molar-refractivity contribution is 7.92. The number of hydrogen-bond donors (Lipinski definition) is 1. The van der Waals surface area contributed by atoms with Gasteiger partial charge in [0.2, 0.25) is 5.91 Å².